The van der Waals surface area contributed by atoms with Gasteiger partial charge in [-0.1, -0.05) is 6.07 Å². The highest BCUT2D eigenvalue weighted by molar-refractivity contribution is 7.92. The van der Waals surface area contributed by atoms with Crippen LogP contribution >= 0.6 is 0 Å². The van der Waals surface area contributed by atoms with E-state index >= 15 is 0 Å². The van der Waals surface area contributed by atoms with Gasteiger partial charge in [0.15, 0.2) is 0 Å². The van der Waals surface area contributed by atoms with Gasteiger partial charge in [-0.2, -0.15) is 0 Å². The molecule has 0 aliphatic carbocycles. The smallest absolute Gasteiger partial charge is 0.271 e. The molecule has 2 aromatic carbocycles. The maximum atomic E-state index is 12.7. The number of nitrogens with zero attached hydrogens (tertiary/aromatic N) is 2. The number of nitro benzene ring substituents is 1. The summed E-state index contributed by atoms with van der Waals surface area (Å²) in [5, 5.41) is 11.0. The van der Waals surface area contributed by atoms with E-state index in [-0.39, 0.29) is 22.2 Å². The minimum atomic E-state index is -4.06. The highest BCUT2D eigenvalue weighted by Crippen LogP contribution is 2.27. The van der Waals surface area contributed by atoms with Gasteiger partial charge >= 0.3 is 0 Å². The number of hydrogen-bond acceptors (Lipinski definition) is 5. The third-order valence-corrected chi connectivity index (χ3v) is 5.38. The minimum Gasteiger partial charge on any atom is -0.345 e. The van der Waals surface area contributed by atoms with E-state index in [9.17, 15) is 23.3 Å². The molecule has 0 aromatic heterocycles. The van der Waals surface area contributed by atoms with Crippen LogP contribution < -0.4 is 4.72 Å². The Hall–Kier alpha value is -2.94. The van der Waals surface area contributed by atoms with E-state index < -0.39 is 14.9 Å². The summed E-state index contributed by atoms with van der Waals surface area (Å²) in [5.74, 6) is -0.270. The van der Waals surface area contributed by atoms with E-state index in [4.69, 9.17) is 0 Å². The molecule has 0 saturated heterocycles. The van der Waals surface area contributed by atoms with Crippen molar-refractivity contribution >= 4 is 27.3 Å². The van der Waals surface area contributed by atoms with Gasteiger partial charge in [0.1, 0.15) is 0 Å². The number of aryl methyl sites for hydroxylation is 1. The monoisotopic (exact) mass is 377 g/mol. The summed E-state index contributed by atoms with van der Waals surface area (Å²) in [5.41, 5.74) is 1.13. The zero-order valence-corrected chi connectivity index (χ0v) is 15.6. The zero-order valence-electron chi connectivity index (χ0n) is 14.8. The van der Waals surface area contributed by atoms with Crippen LogP contribution in [0.25, 0.3) is 0 Å². The summed E-state index contributed by atoms with van der Waals surface area (Å²) in [4.78, 5) is 23.6. The van der Waals surface area contributed by atoms with Crippen molar-refractivity contribution < 1.29 is 18.1 Å². The maximum absolute atomic E-state index is 12.7. The summed E-state index contributed by atoms with van der Waals surface area (Å²) in [6.45, 7) is 3.19. The van der Waals surface area contributed by atoms with Gasteiger partial charge in [-0.3, -0.25) is 19.6 Å². The van der Waals surface area contributed by atoms with Gasteiger partial charge in [0.2, 0.25) is 0 Å². The summed E-state index contributed by atoms with van der Waals surface area (Å²) >= 11 is 0. The maximum Gasteiger partial charge on any atom is 0.271 e. The van der Waals surface area contributed by atoms with E-state index in [0.717, 1.165) is 6.07 Å². The van der Waals surface area contributed by atoms with Crippen molar-refractivity contribution in [3.8, 4) is 0 Å². The SMILES string of the molecule is Cc1cc([N+](=O)[O-])cc(S(=O)(=O)Nc2cccc(C(=O)N(C)C)c2)c1C. The highest BCUT2D eigenvalue weighted by Gasteiger charge is 2.23. The number of nitrogens with one attached hydrogen (secondary N) is 1. The van der Waals surface area contributed by atoms with Gasteiger partial charge in [-0.25, -0.2) is 8.42 Å². The Morgan fingerprint density at radius 1 is 1.15 bits per heavy atom. The highest BCUT2D eigenvalue weighted by atomic mass is 32.2. The Morgan fingerprint density at radius 3 is 2.38 bits per heavy atom. The van der Waals surface area contributed by atoms with Crippen molar-refractivity contribution in [3.05, 3.63) is 63.2 Å². The summed E-state index contributed by atoms with van der Waals surface area (Å²) in [6, 6.07) is 8.40. The van der Waals surface area contributed by atoms with Crippen molar-refractivity contribution in [2.45, 2.75) is 18.7 Å². The number of amides is 1. The third kappa shape index (κ3) is 3.99. The van der Waals surface area contributed by atoms with Gasteiger partial charge in [0.25, 0.3) is 21.6 Å². The van der Waals surface area contributed by atoms with Crippen LogP contribution in [0.4, 0.5) is 11.4 Å². The van der Waals surface area contributed by atoms with E-state index in [1.807, 2.05) is 0 Å². The second-order valence-electron chi connectivity index (χ2n) is 6.03. The Labute approximate surface area is 151 Å². The van der Waals surface area contributed by atoms with Crippen LogP contribution in [0.3, 0.4) is 0 Å². The molecule has 0 fully saturated rings. The van der Waals surface area contributed by atoms with Crippen molar-refractivity contribution in [3.63, 3.8) is 0 Å². The molecule has 0 atom stereocenters. The summed E-state index contributed by atoms with van der Waals surface area (Å²) in [7, 11) is -0.881. The fourth-order valence-electron chi connectivity index (χ4n) is 2.38. The first kappa shape index (κ1) is 19.4. The minimum absolute atomic E-state index is 0.173. The Kier molecular flexibility index (Phi) is 5.31. The molecule has 0 radical (unpaired) electrons. The van der Waals surface area contributed by atoms with E-state index in [2.05, 4.69) is 4.72 Å². The van der Waals surface area contributed by atoms with Crippen LogP contribution in [0.1, 0.15) is 21.5 Å². The number of nitro groups is 1. The Morgan fingerprint density at radius 2 is 1.81 bits per heavy atom. The molecular weight excluding hydrogens is 358 g/mol. The summed E-state index contributed by atoms with van der Waals surface area (Å²) in [6.07, 6.45) is 0. The number of rotatable bonds is 5. The predicted molar refractivity (Wildman–Crippen MR) is 97.8 cm³/mol. The number of carbonyl (C=O) groups excluding carboxylic acids is 1. The number of carbonyl (C=O) groups is 1. The average Bonchev–Trinajstić information content (AvgIpc) is 2.55. The molecule has 0 heterocycles. The number of anilines is 1. The van der Waals surface area contributed by atoms with Crippen LogP contribution in [0.2, 0.25) is 0 Å². The summed E-state index contributed by atoms with van der Waals surface area (Å²) < 4.78 is 27.9. The molecule has 0 bridgehead atoms. The van der Waals surface area contributed by atoms with Crippen molar-refractivity contribution in [2.24, 2.45) is 0 Å². The van der Waals surface area contributed by atoms with Crippen molar-refractivity contribution in [1.29, 1.82) is 0 Å². The lowest BCUT2D eigenvalue weighted by Gasteiger charge is -2.14. The topological polar surface area (TPSA) is 110 Å². The molecule has 0 saturated carbocycles. The molecule has 1 amide bonds. The standard InChI is InChI=1S/C17H19N3O5S/c1-11-8-15(20(22)23)10-16(12(11)2)26(24,25)18-14-7-5-6-13(9-14)17(21)19(3)4/h5-10,18H,1-4H3. The third-order valence-electron chi connectivity index (χ3n) is 3.87. The molecule has 0 unspecified atom stereocenters. The fourth-order valence-corrected chi connectivity index (χ4v) is 3.76. The number of sulfonamides is 1. The molecule has 0 spiro atoms. The van der Waals surface area contributed by atoms with Crippen LogP contribution in [0.5, 0.6) is 0 Å². The van der Waals surface area contributed by atoms with E-state index in [1.165, 1.54) is 23.1 Å². The molecule has 26 heavy (non-hydrogen) atoms. The van der Waals surface area contributed by atoms with Crippen LogP contribution in [0, 0.1) is 24.0 Å². The van der Waals surface area contributed by atoms with Gasteiger partial charge in [0.05, 0.1) is 9.82 Å². The van der Waals surface area contributed by atoms with Crippen LogP contribution in [0.15, 0.2) is 41.3 Å². The van der Waals surface area contributed by atoms with Crippen LogP contribution in [-0.2, 0) is 10.0 Å². The first-order valence-corrected chi connectivity index (χ1v) is 9.11. The first-order chi connectivity index (χ1) is 12.0. The second-order valence-corrected chi connectivity index (χ2v) is 7.68. The molecule has 2 aromatic rings. The van der Waals surface area contributed by atoms with Gasteiger partial charge < -0.3 is 4.90 Å². The Bertz CT molecular complexity index is 984. The predicted octanol–water partition coefficient (Wildman–Crippen LogP) is 2.71. The number of benzene rings is 2. The lowest BCUT2D eigenvalue weighted by atomic mass is 10.1. The molecule has 9 heteroatoms. The second kappa shape index (κ2) is 7.12. The molecule has 0 aliphatic rings. The average molecular weight is 377 g/mol. The van der Waals surface area contributed by atoms with Gasteiger partial charge in [-0.15, -0.1) is 0 Å². The number of non-ortho nitro benzene ring substituents is 1. The van der Waals surface area contributed by atoms with E-state index in [1.54, 1.807) is 40.1 Å². The quantitative estimate of drug-likeness (QED) is 0.636. The van der Waals surface area contributed by atoms with Crippen molar-refractivity contribution in [1.82, 2.24) is 4.90 Å². The molecule has 0 aliphatic heterocycles. The normalized spacial score (nSPS) is 11.1. The van der Waals surface area contributed by atoms with Gasteiger partial charge in [0, 0.05) is 37.5 Å². The first-order valence-electron chi connectivity index (χ1n) is 7.63. The van der Waals surface area contributed by atoms with Gasteiger partial charge in [-0.05, 0) is 43.2 Å². The molecule has 8 nitrogen and oxygen atoms in total. The largest absolute Gasteiger partial charge is 0.345 e. The molecular formula is C17H19N3O5S. The lowest BCUT2D eigenvalue weighted by molar-refractivity contribution is -0.385. The molecule has 2 rings (SSSR count). The number of hydrogen-bond donors (Lipinski definition) is 1. The van der Waals surface area contributed by atoms with Crippen molar-refractivity contribution in [2.75, 3.05) is 18.8 Å². The van der Waals surface area contributed by atoms with E-state index in [0.29, 0.717) is 16.7 Å². The lowest BCUT2D eigenvalue weighted by Crippen LogP contribution is -2.22. The fraction of sp³-hybridized carbons (Fsp3) is 0.235. The molecule has 138 valence electrons. The zero-order chi connectivity index (χ0) is 19.6. The van der Waals surface area contributed by atoms with Crippen LogP contribution in [-0.4, -0.2) is 38.2 Å². The Balaban J connectivity index is 2.46. The molecule has 1 N–H and O–H groups in total.